The molecular formula is C24H23N3O4. The van der Waals surface area contributed by atoms with Crippen LogP contribution in [0.15, 0.2) is 66.7 Å². The summed E-state index contributed by atoms with van der Waals surface area (Å²) in [6, 6.07) is 17.9. The summed E-state index contributed by atoms with van der Waals surface area (Å²) in [6.07, 6.45) is 1.41. The van der Waals surface area contributed by atoms with E-state index in [1.807, 2.05) is 49.4 Å². The third kappa shape index (κ3) is 5.34. The minimum Gasteiger partial charge on any atom is -0.478 e. The number of carbonyl (C=O) groups is 3. The molecule has 31 heavy (non-hydrogen) atoms. The van der Waals surface area contributed by atoms with Crippen molar-refractivity contribution in [1.82, 2.24) is 10.4 Å². The van der Waals surface area contributed by atoms with Gasteiger partial charge in [-0.3, -0.25) is 15.0 Å². The molecule has 0 saturated carbocycles. The van der Waals surface area contributed by atoms with Gasteiger partial charge in [0.25, 0.3) is 5.91 Å². The van der Waals surface area contributed by atoms with Gasteiger partial charge in [0, 0.05) is 25.7 Å². The highest BCUT2D eigenvalue weighted by molar-refractivity contribution is 6.08. The van der Waals surface area contributed by atoms with Crippen LogP contribution in [0.1, 0.15) is 33.2 Å². The van der Waals surface area contributed by atoms with Gasteiger partial charge in [0.05, 0.1) is 11.3 Å². The Morgan fingerprint density at radius 2 is 1.58 bits per heavy atom. The van der Waals surface area contributed by atoms with Crippen LogP contribution in [0, 0.1) is 0 Å². The van der Waals surface area contributed by atoms with E-state index in [0.717, 1.165) is 21.9 Å². The number of aromatic carboxylic acids is 1. The van der Waals surface area contributed by atoms with Gasteiger partial charge in [-0.2, -0.15) is 0 Å². The van der Waals surface area contributed by atoms with Crippen molar-refractivity contribution < 1.29 is 19.5 Å². The fraction of sp³-hybridized carbons (Fsp3) is 0.125. The predicted molar refractivity (Wildman–Crippen MR) is 121 cm³/mol. The number of fused-ring (bicyclic) bond motifs is 1. The Morgan fingerprint density at radius 1 is 0.903 bits per heavy atom. The van der Waals surface area contributed by atoms with Gasteiger partial charge in [0.2, 0.25) is 5.91 Å². The first-order chi connectivity index (χ1) is 14.7. The molecule has 7 nitrogen and oxygen atoms in total. The van der Waals surface area contributed by atoms with Crippen LogP contribution in [0.2, 0.25) is 0 Å². The molecule has 3 N–H and O–H groups in total. The number of hydrogen-bond donors (Lipinski definition) is 3. The second-order valence-electron chi connectivity index (χ2n) is 7.28. The van der Waals surface area contributed by atoms with Gasteiger partial charge in [0.15, 0.2) is 0 Å². The highest BCUT2D eigenvalue weighted by Gasteiger charge is 2.16. The van der Waals surface area contributed by atoms with Gasteiger partial charge in [0.1, 0.15) is 0 Å². The van der Waals surface area contributed by atoms with Crippen LogP contribution in [0.4, 0.5) is 5.69 Å². The smallest absolute Gasteiger partial charge is 0.337 e. The van der Waals surface area contributed by atoms with Crippen LogP contribution < -0.4 is 10.7 Å². The van der Waals surface area contributed by atoms with Crippen molar-refractivity contribution >= 4 is 39.8 Å². The quantitative estimate of drug-likeness (QED) is 0.419. The Morgan fingerprint density at radius 3 is 2.26 bits per heavy atom. The molecule has 0 aromatic heterocycles. The lowest BCUT2D eigenvalue weighted by Crippen LogP contribution is -2.36. The summed E-state index contributed by atoms with van der Waals surface area (Å²) in [4.78, 5) is 36.4. The molecule has 0 unspecified atom stereocenters. The monoisotopic (exact) mass is 417 g/mol. The van der Waals surface area contributed by atoms with Gasteiger partial charge in [-0.15, -0.1) is 0 Å². The Bertz CT molecular complexity index is 1200. The number of hydrogen-bond acceptors (Lipinski definition) is 4. The van der Waals surface area contributed by atoms with Crippen molar-refractivity contribution in [2.45, 2.75) is 6.92 Å². The number of anilines is 1. The molecule has 2 amide bonds. The summed E-state index contributed by atoms with van der Waals surface area (Å²) < 4.78 is 0. The number of amides is 2. The number of nitrogens with one attached hydrogen (secondary N) is 2. The van der Waals surface area contributed by atoms with Crippen molar-refractivity contribution in [1.29, 1.82) is 0 Å². The average Bonchev–Trinajstić information content (AvgIpc) is 2.72. The van der Waals surface area contributed by atoms with Crippen molar-refractivity contribution in [2.75, 3.05) is 19.4 Å². The maximum absolute atomic E-state index is 12.6. The minimum atomic E-state index is -1.20. The lowest BCUT2D eigenvalue weighted by molar-refractivity contribution is -0.111. The van der Waals surface area contributed by atoms with E-state index >= 15 is 0 Å². The zero-order chi connectivity index (χ0) is 22.5. The molecule has 0 aliphatic rings. The molecule has 0 atom stereocenters. The molecule has 7 heteroatoms. The molecular weight excluding hydrogens is 394 g/mol. The number of nitrogens with zero attached hydrogens (tertiary/aromatic N) is 1. The number of benzene rings is 3. The minimum absolute atomic E-state index is 0.0477. The number of hydrazine groups is 1. The van der Waals surface area contributed by atoms with Gasteiger partial charge >= 0.3 is 5.97 Å². The zero-order valence-electron chi connectivity index (χ0n) is 17.5. The maximum Gasteiger partial charge on any atom is 0.337 e. The molecule has 0 fully saturated rings. The maximum atomic E-state index is 12.6. The van der Waals surface area contributed by atoms with Crippen molar-refractivity contribution in [3.05, 3.63) is 83.4 Å². The van der Waals surface area contributed by atoms with E-state index in [-0.39, 0.29) is 16.8 Å². The van der Waals surface area contributed by atoms with Gasteiger partial charge < -0.3 is 10.4 Å². The van der Waals surface area contributed by atoms with Crippen LogP contribution in [0.25, 0.3) is 16.3 Å². The molecule has 0 spiro atoms. The standard InChI is InChI=1S/C24H23N3O4/c1-15(17-9-8-16-6-4-5-7-18(16)13-17)12-22(28)25-21-14-19(23(29)26-27(2)3)10-11-20(21)24(30)31/h4-14H,1-3H3,(H,25,28)(H,26,29)(H,30,31). The number of carboxylic acids is 1. The Kier molecular flexibility index (Phi) is 6.47. The summed E-state index contributed by atoms with van der Waals surface area (Å²) in [5, 5.41) is 15.7. The predicted octanol–water partition coefficient (Wildman–Crippen LogP) is 3.79. The van der Waals surface area contributed by atoms with Crippen LogP contribution in [-0.4, -0.2) is 42.0 Å². The van der Waals surface area contributed by atoms with E-state index in [4.69, 9.17) is 0 Å². The Balaban J connectivity index is 1.86. The molecule has 0 bridgehead atoms. The van der Waals surface area contributed by atoms with Crippen LogP contribution >= 0.6 is 0 Å². The molecule has 3 aromatic rings. The molecule has 0 saturated heterocycles. The van der Waals surface area contributed by atoms with Gasteiger partial charge in [-0.25, -0.2) is 9.80 Å². The Labute approximate surface area is 180 Å². The summed E-state index contributed by atoms with van der Waals surface area (Å²) >= 11 is 0. The largest absolute Gasteiger partial charge is 0.478 e. The van der Waals surface area contributed by atoms with Crippen LogP contribution in [0.5, 0.6) is 0 Å². The molecule has 0 aliphatic carbocycles. The first-order valence-corrected chi connectivity index (χ1v) is 9.58. The van der Waals surface area contributed by atoms with E-state index in [2.05, 4.69) is 10.7 Å². The molecule has 0 heterocycles. The Hall–Kier alpha value is -3.97. The number of rotatable bonds is 6. The van der Waals surface area contributed by atoms with Crippen molar-refractivity contribution in [3.63, 3.8) is 0 Å². The number of carbonyl (C=O) groups excluding carboxylic acids is 2. The van der Waals surface area contributed by atoms with Crippen LogP contribution in [-0.2, 0) is 4.79 Å². The fourth-order valence-corrected chi connectivity index (χ4v) is 3.13. The molecule has 0 radical (unpaired) electrons. The average molecular weight is 417 g/mol. The van der Waals surface area contributed by atoms with E-state index in [1.54, 1.807) is 14.1 Å². The highest BCUT2D eigenvalue weighted by atomic mass is 16.4. The van der Waals surface area contributed by atoms with Gasteiger partial charge in [-0.1, -0.05) is 36.4 Å². The lowest BCUT2D eigenvalue weighted by atomic mass is 10.0. The highest BCUT2D eigenvalue weighted by Crippen LogP contribution is 2.22. The van der Waals surface area contributed by atoms with E-state index in [9.17, 15) is 19.5 Å². The van der Waals surface area contributed by atoms with Crippen LogP contribution in [0.3, 0.4) is 0 Å². The summed E-state index contributed by atoms with van der Waals surface area (Å²) in [6.45, 7) is 1.81. The molecule has 0 aliphatic heterocycles. The van der Waals surface area contributed by atoms with Crippen molar-refractivity contribution in [3.8, 4) is 0 Å². The molecule has 3 rings (SSSR count). The summed E-state index contributed by atoms with van der Waals surface area (Å²) in [7, 11) is 3.32. The van der Waals surface area contributed by atoms with Crippen molar-refractivity contribution in [2.24, 2.45) is 0 Å². The van der Waals surface area contributed by atoms with E-state index in [1.165, 1.54) is 29.3 Å². The second-order valence-corrected chi connectivity index (χ2v) is 7.28. The first-order valence-electron chi connectivity index (χ1n) is 9.58. The lowest BCUT2D eigenvalue weighted by Gasteiger charge is -2.14. The summed E-state index contributed by atoms with van der Waals surface area (Å²) in [5.41, 5.74) is 4.35. The van der Waals surface area contributed by atoms with E-state index in [0.29, 0.717) is 0 Å². The normalized spacial score (nSPS) is 11.4. The fourth-order valence-electron chi connectivity index (χ4n) is 3.13. The number of carboxylic acid groups (broad SMARTS) is 1. The topological polar surface area (TPSA) is 98.7 Å². The SMILES string of the molecule is CC(=CC(=O)Nc1cc(C(=O)NN(C)C)ccc1C(=O)O)c1ccc2ccccc2c1. The number of allylic oxidation sites excluding steroid dienone is 1. The zero-order valence-corrected chi connectivity index (χ0v) is 17.5. The first kappa shape index (κ1) is 21.7. The van der Waals surface area contributed by atoms with Gasteiger partial charge in [-0.05, 0) is 53.1 Å². The molecule has 158 valence electrons. The van der Waals surface area contributed by atoms with E-state index < -0.39 is 17.8 Å². The second kappa shape index (κ2) is 9.23. The third-order valence-corrected chi connectivity index (χ3v) is 4.65. The summed E-state index contributed by atoms with van der Waals surface area (Å²) in [5.74, 6) is -2.11. The molecule has 3 aromatic carbocycles. The third-order valence-electron chi connectivity index (χ3n) is 4.65.